The molecule has 0 spiro atoms. The first-order chi connectivity index (χ1) is 8.91. The fourth-order valence-corrected chi connectivity index (χ4v) is 1.75. The summed E-state index contributed by atoms with van der Waals surface area (Å²) in [5, 5.41) is 12.6. The van der Waals surface area contributed by atoms with Crippen molar-refractivity contribution in [1.82, 2.24) is 9.78 Å². The van der Waals surface area contributed by atoms with Gasteiger partial charge in [0.1, 0.15) is 17.1 Å². The van der Waals surface area contributed by atoms with Crippen molar-refractivity contribution < 1.29 is 23.1 Å². The molecule has 1 aromatic carbocycles. The summed E-state index contributed by atoms with van der Waals surface area (Å²) in [5.74, 6) is -2.43. The second-order valence-corrected chi connectivity index (χ2v) is 3.86. The molecule has 19 heavy (non-hydrogen) atoms. The Morgan fingerprint density at radius 3 is 2.63 bits per heavy atom. The van der Waals surface area contributed by atoms with Gasteiger partial charge in [-0.2, -0.15) is 5.10 Å². The summed E-state index contributed by atoms with van der Waals surface area (Å²) in [7, 11) is 0. The Kier molecular flexibility index (Phi) is 3.28. The van der Waals surface area contributed by atoms with Crippen LogP contribution < -0.4 is 0 Å². The second-order valence-electron chi connectivity index (χ2n) is 3.86. The zero-order valence-corrected chi connectivity index (χ0v) is 9.77. The summed E-state index contributed by atoms with van der Waals surface area (Å²) >= 11 is 0. The highest BCUT2D eigenvalue weighted by Gasteiger charge is 2.21. The fraction of sp³-hybridized carbons (Fsp3) is 0.167. The quantitative estimate of drug-likeness (QED) is 0.932. The highest BCUT2D eigenvalue weighted by Crippen LogP contribution is 2.23. The number of aromatic carboxylic acids is 1. The monoisotopic (exact) mass is 270 g/mol. The SMILES string of the molecule is Cc1cc(C(F)F)nn1-c1cccc(F)c1C(=O)O. The number of alkyl halides is 2. The number of rotatable bonds is 3. The molecule has 0 atom stereocenters. The van der Waals surface area contributed by atoms with Gasteiger partial charge in [-0.15, -0.1) is 0 Å². The standard InChI is InChI=1S/C12H9F3N2O2/c1-6-5-8(11(14)15)16-17(6)9-4-2-3-7(13)10(9)12(18)19/h2-5,11H,1H3,(H,18,19). The third-order valence-electron chi connectivity index (χ3n) is 2.56. The summed E-state index contributed by atoms with van der Waals surface area (Å²) in [6.45, 7) is 1.48. The second kappa shape index (κ2) is 4.75. The topological polar surface area (TPSA) is 55.1 Å². The van der Waals surface area contributed by atoms with Crippen molar-refractivity contribution in [3.8, 4) is 5.69 Å². The van der Waals surface area contributed by atoms with Gasteiger partial charge in [-0.3, -0.25) is 0 Å². The van der Waals surface area contributed by atoms with Crippen LogP contribution in [0.4, 0.5) is 13.2 Å². The van der Waals surface area contributed by atoms with Crippen molar-refractivity contribution >= 4 is 5.97 Å². The van der Waals surface area contributed by atoms with E-state index in [4.69, 9.17) is 5.11 Å². The van der Waals surface area contributed by atoms with E-state index in [1.165, 1.54) is 19.1 Å². The lowest BCUT2D eigenvalue weighted by Crippen LogP contribution is -2.10. The van der Waals surface area contributed by atoms with E-state index in [0.29, 0.717) is 5.69 Å². The lowest BCUT2D eigenvalue weighted by atomic mass is 10.1. The maximum Gasteiger partial charge on any atom is 0.340 e. The number of nitrogens with zero attached hydrogens (tertiary/aromatic N) is 2. The minimum atomic E-state index is -2.78. The van der Waals surface area contributed by atoms with Gasteiger partial charge >= 0.3 is 5.97 Å². The number of hydrogen-bond donors (Lipinski definition) is 1. The molecule has 0 saturated carbocycles. The summed E-state index contributed by atoms with van der Waals surface area (Å²) in [4.78, 5) is 11.0. The molecule has 100 valence electrons. The average Bonchev–Trinajstić information content (AvgIpc) is 2.70. The van der Waals surface area contributed by atoms with Crippen LogP contribution in [0.5, 0.6) is 0 Å². The molecule has 0 aliphatic rings. The first-order valence-electron chi connectivity index (χ1n) is 5.28. The van der Waals surface area contributed by atoms with Gasteiger partial charge in [0, 0.05) is 5.69 Å². The van der Waals surface area contributed by atoms with Crippen LogP contribution in [0.3, 0.4) is 0 Å². The Bertz CT molecular complexity index is 638. The molecular formula is C12H9F3N2O2. The van der Waals surface area contributed by atoms with Crippen LogP contribution in [-0.4, -0.2) is 20.9 Å². The van der Waals surface area contributed by atoms with E-state index in [9.17, 15) is 18.0 Å². The van der Waals surface area contributed by atoms with Gasteiger partial charge in [-0.1, -0.05) is 6.07 Å². The first-order valence-corrected chi connectivity index (χ1v) is 5.28. The maximum atomic E-state index is 13.5. The van der Waals surface area contributed by atoms with E-state index in [2.05, 4.69) is 5.10 Å². The summed E-state index contributed by atoms with van der Waals surface area (Å²) in [5.41, 5.74) is -0.882. The summed E-state index contributed by atoms with van der Waals surface area (Å²) in [6.07, 6.45) is -2.78. The number of carboxylic acid groups (broad SMARTS) is 1. The number of halogens is 3. The Morgan fingerprint density at radius 1 is 1.42 bits per heavy atom. The summed E-state index contributed by atoms with van der Waals surface area (Å²) in [6, 6.07) is 4.71. The van der Waals surface area contributed by atoms with Gasteiger partial charge in [-0.25, -0.2) is 22.6 Å². The Morgan fingerprint density at radius 2 is 2.11 bits per heavy atom. The van der Waals surface area contributed by atoms with E-state index in [0.717, 1.165) is 16.8 Å². The minimum absolute atomic E-state index is 0.0862. The first kappa shape index (κ1) is 13.1. The number of aryl methyl sites for hydroxylation is 1. The van der Waals surface area contributed by atoms with Gasteiger partial charge in [0.05, 0.1) is 5.69 Å². The molecule has 2 rings (SSSR count). The van der Waals surface area contributed by atoms with Gasteiger partial charge in [-0.05, 0) is 25.1 Å². The third-order valence-corrected chi connectivity index (χ3v) is 2.56. The van der Waals surface area contributed by atoms with Crippen LogP contribution in [0.25, 0.3) is 5.69 Å². The van der Waals surface area contributed by atoms with Gasteiger partial charge in [0.2, 0.25) is 0 Å². The molecule has 2 aromatic rings. The number of benzene rings is 1. The third kappa shape index (κ3) is 2.31. The van der Waals surface area contributed by atoms with Crippen LogP contribution in [0.1, 0.15) is 28.2 Å². The number of aromatic nitrogens is 2. The van der Waals surface area contributed by atoms with Gasteiger partial charge in [0.15, 0.2) is 0 Å². The van der Waals surface area contributed by atoms with E-state index in [1.807, 2.05) is 0 Å². The molecule has 0 fully saturated rings. The lowest BCUT2D eigenvalue weighted by molar-refractivity contribution is 0.0691. The van der Waals surface area contributed by atoms with Crippen molar-refractivity contribution in [2.45, 2.75) is 13.3 Å². The molecule has 0 amide bonds. The van der Waals surface area contributed by atoms with Crippen molar-refractivity contribution in [2.75, 3.05) is 0 Å². The van der Waals surface area contributed by atoms with Crippen LogP contribution >= 0.6 is 0 Å². The van der Waals surface area contributed by atoms with Crippen LogP contribution in [-0.2, 0) is 0 Å². The Labute approximate surface area is 106 Å². The highest BCUT2D eigenvalue weighted by atomic mass is 19.3. The molecular weight excluding hydrogens is 261 g/mol. The van der Waals surface area contributed by atoms with E-state index in [1.54, 1.807) is 0 Å². The Balaban J connectivity index is 2.65. The largest absolute Gasteiger partial charge is 0.478 e. The molecule has 1 N–H and O–H groups in total. The van der Waals surface area contributed by atoms with Gasteiger partial charge < -0.3 is 5.11 Å². The fourth-order valence-electron chi connectivity index (χ4n) is 1.75. The Hall–Kier alpha value is -2.31. The predicted octanol–water partition coefficient (Wildman–Crippen LogP) is 2.96. The normalized spacial score (nSPS) is 11.0. The zero-order valence-electron chi connectivity index (χ0n) is 9.77. The van der Waals surface area contributed by atoms with Gasteiger partial charge in [0.25, 0.3) is 6.43 Å². The van der Waals surface area contributed by atoms with Crippen molar-refractivity contribution in [1.29, 1.82) is 0 Å². The van der Waals surface area contributed by atoms with Crippen molar-refractivity contribution in [3.05, 3.63) is 47.0 Å². The molecule has 0 saturated heterocycles. The number of hydrogen-bond acceptors (Lipinski definition) is 2. The van der Waals surface area contributed by atoms with Crippen LogP contribution in [0.15, 0.2) is 24.3 Å². The molecule has 0 aliphatic carbocycles. The van der Waals surface area contributed by atoms with Crippen molar-refractivity contribution in [2.24, 2.45) is 0 Å². The maximum absolute atomic E-state index is 13.5. The molecule has 0 bridgehead atoms. The molecule has 0 aliphatic heterocycles. The van der Waals surface area contributed by atoms with Crippen LogP contribution in [0.2, 0.25) is 0 Å². The number of carboxylic acids is 1. The minimum Gasteiger partial charge on any atom is -0.478 e. The predicted molar refractivity (Wildman–Crippen MR) is 60.2 cm³/mol. The van der Waals surface area contributed by atoms with E-state index < -0.39 is 29.5 Å². The zero-order chi connectivity index (χ0) is 14.2. The molecule has 7 heteroatoms. The molecule has 0 radical (unpaired) electrons. The van der Waals surface area contributed by atoms with Crippen LogP contribution in [0, 0.1) is 12.7 Å². The summed E-state index contributed by atoms with van der Waals surface area (Å²) < 4.78 is 39.6. The highest BCUT2D eigenvalue weighted by molar-refractivity contribution is 5.92. The lowest BCUT2D eigenvalue weighted by Gasteiger charge is -2.08. The molecule has 1 heterocycles. The molecule has 4 nitrogen and oxygen atoms in total. The van der Waals surface area contributed by atoms with E-state index in [-0.39, 0.29) is 5.69 Å². The molecule has 1 aromatic heterocycles. The number of carbonyl (C=O) groups is 1. The smallest absolute Gasteiger partial charge is 0.340 e. The van der Waals surface area contributed by atoms with E-state index >= 15 is 0 Å². The molecule has 0 unspecified atom stereocenters. The average molecular weight is 270 g/mol. The van der Waals surface area contributed by atoms with Crippen molar-refractivity contribution in [3.63, 3.8) is 0 Å².